The van der Waals surface area contributed by atoms with E-state index >= 15 is 0 Å². The van der Waals surface area contributed by atoms with Crippen molar-refractivity contribution in [3.8, 4) is 0 Å². The summed E-state index contributed by atoms with van der Waals surface area (Å²) in [5.74, 6) is -0.105. The molecule has 2 heterocycles. The van der Waals surface area contributed by atoms with Crippen molar-refractivity contribution in [2.24, 2.45) is 0 Å². The molecule has 2 rings (SSSR count). The highest BCUT2D eigenvalue weighted by Gasteiger charge is 2.22. The van der Waals surface area contributed by atoms with Crippen molar-refractivity contribution in [1.82, 2.24) is 9.80 Å². The SMILES string of the molecule is COC(=O)CCN1CCN(C(=O)c2csc(Br)c2)CC1. The second kappa shape index (κ2) is 7.19. The van der Waals surface area contributed by atoms with E-state index in [9.17, 15) is 9.59 Å². The van der Waals surface area contributed by atoms with Gasteiger partial charge in [0.25, 0.3) is 5.91 Å². The number of thiophene rings is 1. The summed E-state index contributed by atoms with van der Waals surface area (Å²) in [6.07, 6.45) is 0.405. The van der Waals surface area contributed by atoms with Crippen molar-refractivity contribution in [1.29, 1.82) is 0 Å². The third-order valence-electron chi connectivity index (χ3n) is 3.33. The van der Waals surface area contributed by atoms with Crippen LogP contribution >= 0.6 is 27.3 Å². The highest BCUT2D eigenvalue weighted by Crippen LogP contribution is 2.22. The van der Waals surface area contributed by atoms with Gasteiger partial charge in [0, 0.05) is 38.1 Å². The van der Waals surface area contributed by atoms with E-state index in [4.69, 9.17) is 0 Å². The molecule has 0 radical (unpaired) electrons. The highest BCUT2D eigenvalue weighted by molar-refractivity contribution is 9.11. The Morgan fingerprint density at radius 2 is 2.05 bits per heavy atom. The van der Waals surface area contributed by atoms with Crippen molar-refractivity contribution in [2.75, 3.05) is 39.8 Å². The lowest BCUT2D eigenvalue weighted by Gasteiger charge is -2.34. The van der Waals surface area contributed by atoms with Crippen LogP contribution < -0.4 is 0 Å². The molecule has 0 N–H and O–H groups in total. The van der Waals surface area contributed by atoms with Gasteiger partial charge in [-0.3, -0.25) is 14.5 Å². The van der Waals surface area contributed by atoms with Crippen LogP contribution in [0.4, 0.5) is 0 Å². The molecule has 110 valence electrons. The van der Waals surface area contributed by atoms with Gasteiger partial charge in [0.05, 0.1) is 22.9 Å². The van der Waals surface area contributed by atoms with Gasteiger partial charge in [-0.1, -0.05) is 0 Å². The van der Waals surface area contributed by atoms with Gasteiger partial charge in [0.15, 0.2) is 0 Å². The number of hydrogen-bond donors (Lipinski definition) is 0. The Morgan fingerprint density at radius 1 is 1.35 bits per heavy atom. The largest absolute Gasteiger partial charge is 0.469 e. The topological polar surface area (TPSA) is 49.9 Å². The van der Waals surface area contributed by atoms with Gasteiger partial charge in [-0.15, -0.1) is 11.3 Å². The van der Waals surface area contributed by atoms with E-state index in [2.05, 4.69) is 25.6 Å². The van der Waals surface area contributed by atoms with Crippen LogP contribution in [0.1, 0.15) is 16.8 Å². The molecule has 0 atom stereocenters. The molecule has 1 aromatic rings. The third-order valence-corrected chi connectivity index (χ3v) is 4.84. The van der Waals surface area contributed by atoms with Gasteiger partial charge in [-0.05, 0) is 22.0 Å². The summed E-state index contributed by atoms with van der Waals surface area (Å²) in [6.45, 7) is 3.70. The number of ether oxygens (including phenoxy) is 1. The van der Waals surface area contributed by atoms with Gasteiger partial charge in [0.1, 0.15) is 0 Å². The minimum absolute atomic E-state index is 0.0829. The van der Waals surface area contributed by atoms with E-state index in [1.807, 2.05) is 16.3 Å². The molecule has 1 aliphatic heterocycles. The third kappa shape index (κ3) is 4.04. The Kier molecular flexibility index (Phi) is 5.56. The first-order chi connectivity index (χ1) is 9.60. The fourth-order valence-corrected chi connectivity index (χ4v) is 3.26. The highest BCUT2D eigenvalue weighted by atomic mass is 79.9. The number of nitrogens with zero attached hydrogens (tertiary/aromatic N) is 2. The summed E-state index contributed by atoms with van der Waals surface area (Å²) in [5, 5.41) is 1.87. The maximum Gasteiger partial charge on any atom is 0.306 e. The van der Waals surface area contributed by atoms with Crippen LogP contribution in [0.25, 0.3) is 0 Å². The van der Waals surface area contributed by atoms with E-state index in [-0.39, 0.29) is 11.9 Å². The Morgan fingerprint density at radius 3 is 2.60 bits per heavy atom. The van der Waals surface area contributed by atoms with Crippen LogP contribution in [0.5, 0.6) is 0 Å². The van der Waals surface area contributed by atoms with E-state index < -0.39 is 0 Å². The van der Waals surface area contributed by atoms with Gasteiger partial charge < -0.3 is 9.64 Å². The lowest BCUT2D eigenvalue weighted by atomic mass is 10.2. The van der Waals surface area contributed by atoms with E-state index in [1.165, 1.54) is 18.4 Å². The van der Waals surface area contributed by atoms with Gasteiger partial charge in [-0.2, -0.15) is 0 Å². The lowest BCUT2D eigenvalue weighted by molar-refractivity contribution is -0.141. The summed E-state index contributed by atoms with van der Waals surface area (Å²) in [5.41, 5.74) is 0.741. The fraction of sp³-hybridized carbons (Fsp3) is 0.538. The Bertz CT molecular complexity index is 484. The molecule has 0 saturated carbocycles. The minimum Gasteiger partial charge on any atom is -0.469 e. The molecular weight excluding hydrogens is 344 g/mol. The first-order valence-electron chi connectivity index (χ1n) is 6.42. The molecule has 20 heavy (non-hydrogen) atoms. The van der Waals surface area contributed by atoms with Crippen molar-refractivity contribution < 1.29 is 14.3 Å². The quantitative estimate of drug-likeness (QED) is 0.768. The number of halogens is 1. The van der Waals surface area contributed by atoms with Gasteiger partial charge in [-0.25, -0.2) is 0 Å². The number of carbonyl (C=O) groups is 2. The van der Waals surface area contributed by atoms with Crippen LogP contribution in [0.15, 0.2) is 15.2 Å². The Labute approximate surface area is 130 Å². The Hall–Kier alpha value is -0.920. The molecule has 0 spiro atoms. The van der Waals surface area contributed by atoms with Crippen LogP contribution in [0.2, 0.25) is 0 Å². The average molecular weight is 361 g/mol. The van der Waals surface area contributed by atoms with E-state index in [1.54, 1.807) is 0 Å². The smallest absolute Gasteiger partial charge is 0.306 e. The minimum atomic E-state index is -0.188. The predicted octanol–water partition coefficient (Wildman–Crippen LogP) is 1.83. The van der Waals surface area contributed by atoms with Crippen molar-refractivity contribution in [3.63, 3.8) is 0 Å². The number of methoxy groups -OCH3 is 1. The molecule has 1 fully saturated rings. The zero-order valence-electron chi connectivity index (χ0n) is 11.3. The molecule has 1 saturated heterocycles. The van der Waals surface area contributed by atoms with Crippen molar-refractivity contribution in [2.45, 2.75) is 6.42 Å². The van der Waals surface area contributed by atoms with Gasteiger partial charge >= 0.3 is 5.97 Å². The maximum absolute atomic E-state index is 12.3. The normalized spacial score (nSPS) is 16.2. The second-order valence-corrected chi connectivity index (χ2v) is 6.89. The Balaban J connectivity index is 1.79. The van der Waals surface area contributed by atoms with Crippen LogP contribution in [-0.2, 0) is 9.53 Å². The number of amides is 1. The van der Waals surface area contributed by atoms with E-state index in [0.717, 1.165) is 22.4 Å². The molecule has 0 bridgehead atoms. The van der Waals surface area contributed by atoms with Crippen LogP contribution in [-0.4, -0.2) is 61.5 Å². The van der Waals surface area contributed by atoms with E-state index in [0.29, 0.717) is 26.1 Å². The zero-order valence-corrected chi connectivity index (χ0v) is 13.7. The van der Waals surface area contributed by atoms with Crippen LogP contribution in [0.3, 0.4) is 0 Å². The van der Waals surface area contributed by atoms with Crippen LogP contribution in [0, 0.1) is 0 Å². The molecule has 0 unspecified atom stereocenters. The lowest BCUT2D eigenvalue weighted by Crippen LogP contribution is -2.49. The predicted molar refractivity (Wildman–Crippen MR) is 81.0 cm³/mol. The standard InChI is InChI=1S/C13H17BrN2O3S/c1-19-12(17)2-3-15-4-6-16(7-5-15)13(18)10-8-11(14)20-9-10/h8-9H,2-7H2,1H3. The molecule has 1 aliphatic rings. The average Bonchev–Trinajstić information content (AvgIpc) is 2.91. The van der Waals surface area contributed by atoms with Crippen molar-refractivity contribution >= 4 is 39.1 Å². The summed E-state index contributed by atoms with van der Waals surface area (Å²) in [4.78, 5) is 27.4. The number of esters is 1. The molecule has 5 nitrogen and oxygen atoms in total. The summed E-state index contributed by atoms with van der Waals surface area (Å²) >= 11 is 4.89. The van der Waals surface area contributed by atoms with Gasteiger partial charge in [0.2, 0.25) is 0 Å². The molecule has 7 heteroatoms. The first kappa shape index (κ1) is 15.5. The summed E-state index contributed by atoms with van der Waals surface area (Å²) < 4.78 is 5.60. The molecular formula is C13H17BrN2O3S. The first-order valence-corrected chi connectivity index (χ1v) is 8.10. The number of hydrogen-bond acceptors (Lipinski definition) is 5. The second-order valence-electron chi connectivity index (χ2n) is 4.60. The monoisotopic (exact) mass is 360 g/mol. The molecule has 1 amide bonds. The molecule has 0 aromatic carbocycles. The number of piperazine rings is 1. The fourth-order valence-electron chi connectivity index (χ4n) is 2.13. The molecule has 0 aliphatic carbocycles. The molecule has 1 aromatic heterocycles. The van der Waals surface area contributed by atoms with Crippen molar-refractivity contribution in [3.05, 3.63) is 20.8 Å². The number of rotatable bonds is 4. The maximum atomic E-state index is 12.3. The number of carbonyl (C=O) groups excluding carboxylic acids is 2. The summed E-state index contributed by atoms with van der Waals surface area (Å²) in [6, 6.07) is 1.86. The zero-order chi connectivity index (χ0) is 14.5. The summed E-state index contributed by atoms with van der Waals surface area (Å²) in [7, 11) is 1.40.